The summed E-state index contributed by atoms with van der Waals surface area (Å²) in [4.78, 5) is 5.89. The van der Waals surface area contributed by atoms with E-state index in [2.05, 4.69) is 57.6 Å². The van der Waals surface area contributed by atoms with Crippen LogP contribution in [0.15, 0.2) is 77.3 Å². The number of oxazole rings is 1. The van der Waals surface area contributed by atoms with Crippen LogP contribution in [0.25, 0.3) is 54.0 Å². The maximum absolute atomic E-state index is 6.08. The first-order valence-corrected chi connectivity index (χ1v) is 9.48. The number of H-pyrrole nitrogens is 1. The molecule has 0 atom stereocenters. The summed E-state index contributed by atoms with van der Waals surface area (Å²) in [5.41, 5.74) is 4.76. The molecule has 1 N–H and O–H groups in total. The van der Waals surface area contributed by atoms with Crippen LogP contribution in [0.3, 0.4) is 0 Å². The van der Waals surface area contributed by atoms with Crippen LogP contribution >= 0.6 is 11.3 Å². The smallest absolute Gasteiger partial charge is 0.227 e. The highest BCUT2D eigenvalue weighted by Gasteiger charge is 2.11. The summed E-state index contributed by atoms with van der Waals surface area (Å²) in [6.45, 7) is 0. The molecule has 0 spiro atoms. The van der Waals surface area contributed by atoms with Crippen molar-refractivity contribution in [3.8, 4) is 21.9 Å². The van der Waals surface area contributed by atoms with Gasteiger partial charge in [-0.2, -0.15) is 5.10 Å². The lowest BCUT2D eigenvalue weighted by Crippen LogP contribution is -1.77. The number of aromatic nitrogens is 3. The van der Waals surface area contributed by atoms with E-state index < -0.39 is 0 Å². The molecule has 0 saturated heterocycles. The van der Waals surface area contributed by atoms with Crippen LogP contribution in [-0.2, 0) is 0 Å². The fourth-order valence-corrected chi connectivity index (χ4v) is 4.46. The van der Waals surface area contributed by atoms with Gasteiger partial charge in [0.25, 0.3) is 0 Å². The number of thiophene rings is 1. The van der Waals surface area contributed by atoms with Crippen LogP contribution in [0.4, 0.5) is 0 Å². The second-order valence-corrected chi connectivity index (χ2v) is 7.61. The summed E-state index contributed by atoms with van der Waals surface area (Å²) in [5, 5.41) is 9.34. The third-order valence-corrected chi connectivity index (χ3v) is 5.95. The predicted molar refractivity (Wildman–Crippen MR) is 110 cm³/mol. The standard InChI is InChI=1S/C22H13N3OS/c1-2-4-20-13(3-1)11-21(27-20)14-5-8-18-19(10-14)26-22(24-18)15-6-7-17-16(9-15)12-23-25-17/h1-12H,(H,23,25). The Morgan fingerprint density at radius 3 is 2.74 bits per heavy atom. The lowest BCUT2D eigenvalue weighted by atomic mass is 10.1. The van der Waals surface area contributed by atoms with Crippen LogP contribution in [0.5, 0.6) is 0 Å². The minimum absolute atomic E-state index is 0.626. The Bertz CT molecular complexity index is 1410. The van der Waals surface area contributed by atoms with Crippen LogP contribution in [-0.4, -0.2) is 15.2 Å². The van der Waals surface area contributed by atoms with Crippen molar-refractivity contribution >= 4 is 43.4 Å². The Morgan fingerprint density at radius 2 is 1.78 bits per heavy atom. The van der Waals surface area contributed by atoms with E-state index in [1.54, 1.807) is 17.5 Å². The Balaban J connectivity index is 1.46. The first kappa shape index (κ1) is 14.7. The Hall–Kier alpha value is -3.44. The molecule has 5 heteroatoms. The van der Waals surface area contributed by atoms with E-state index in [0.29, 0.717) is 5.89 Å². The van der Waals surface area contributed by atoms with Crippen molar-refractivity contribution in [2.45, 2.75) is 0 Å². The highest BCUT2D eigenvalue weighted by atomic mass is 32.1. The van der Waals surface area contributed by atoms with Gasteiger partial charge in [-0.3, -0.25) is 5.10 Å². The van der Waals surface area contributed by atoms with E-state index in [9.17, 15) is 0 Å². The van der Waals surface area contributed by atoms with Crippen molar-refractivity contribution < 1.29 is 4.42 Å². The van der Waals surface area contributed by atoms with Gasteiger partial charge in [-0.25, -0.2) is 4.98 Å². The van der Waals surface area contributed by atoms with Crippen molar-refractivity contribution in [2.24, 2.45) is 0 Å². The van der Waals surface area contributed by atoms with E-state index in [1.165, 1.54) is 15.0 Å². The van der Waals surface area contributed by atoms with E-state index in [4.69, 9.17) is 4.42 Å². The van der Waals surface area contributed by atoms with Gasteiger partial charge in [0.05, 0.1) is 11.7 Å². The van der Waals surface area contributed by atoms with Crippen molar-refractivity contribution in [3.05, 3.63) is 72.9 Å². The van der Waals surface area contributed by atoms with Crippen molar-refractivity contribution in [1.82, 2.24) is 15.2 Å². The van der Waals surface area contributed by atoms with Gasteiger partial charge in [-0.05, 0) is 53.4 Å². The maximum atomic E-state index is 6.08. The average molecular weight is 367 g/mol. The van der Waals surface area contributed by atoms with Crippen molar-refractivity contribution in [3.63, 3.8) is 0 Å². The summed E-state index contributed by atoms with van der Waals surface area (Å²) >= 11 is 1.79. The topological polar surface area (TPSA) is 54.7 Å². The summed E-state index contributed by atoms with van der Waals surface area (Å²) in [6.07, 6.45) is 1.81. The number of nitrogens with zero attached hydrogens (tertiary/aromatic N) is 2. The number of benzene rings is 3. The molecule has 0 aliphatic carbocycles. The quantitative estimate of drug-likeness (QED) is 0.393. The highest BCUT2D eigenvalue weighted by Crippen LogP contribution is 2.35. The van der Waals surface area contributed by atoms with Crippen LogP contribution in [0, 0.1) is 0 Å². The molecule has 6 rings (SSSR count). The molecule has 0 fully saturated rings. The van der Waals surface area contributed by atoms with Gasteiger partial charge in [-0.1, -0.05) is 24.3 Å². The molecule has 3 heterocycles. The van der Waals surface area contributed by atoms with Crippen LogP contribution in [0.1, 0.15) is 0 Å². The second-order valence-electron chi connectivity index (χ2n) is 6.52. The Labute approximate surface area is 158 Å². The molecule has 0 aliphatic rings. The Morgan fingerprint density at radius 1 is 0.852 bits per heavy atom. The molecule has 3 aromatic heterocycles. The molecule has 0 bridgehead atoms. The molecular formula is C22H13N3OS. The summed E-state index contributed by atoms with van der Waals surface area (Å²) in [6, 6.07) is 22.9. The van der Waals surface area contributed by atoms with Crippen LogP contribution in [0.2, 0.25) is 0 Å². The van der Waals surface area contributed by atoms with Gasteiger partial charge in [0.1, 0.15) is 5.52 Å². The van der Waals surface area contributed by atoms with E-state index in [1.807, 2.05) is 24.3 Å². The zero-order chi connectivity index (χ0) is 17.8. The molecule has 0 unspecified atom stereocenters. The predicted octanol–water partition coefficient (Wildman–Crippen LogP) is 6.25. The lowest BCUT2D eigenvalue weighted by molar-refractivity contribution is 0.620. The molecule has 4 nitrogen and oxygen atoms in total. The highest BCUT2D eigenvalue weighted by molar-refractivity contribution is 7.22. The number of nitrogens with one attached hydrogen (secondary N) is 1. The van der Waals surface area contributed by atoms with E-state index in [0.717, 1.165) is 33.1 Å². The minimum Gasteiger partial charge on any atom is -0.436 e. The van der Waals surface area contributed by atoms with Gasteiger partial charge in [0, 0.05) is 20.5 Å². The van der Waals surface area contributed by atoms with Crippen molar-refractivity contribution in [1.29, 1.82) is 0 Å². The summed E-state index contributed by atoms with van der Waals surface area (Å²) in [7, 11) is 0. The molecule has 3 aromatic carbocycles. The first-order valence-electron chi connectivity index (χ1n) is 8.66. The fourth-order valence-electron chi connectivity index (χ4n) is 3.40. The summed E-state index contributed by atoms with van der Waals surface area (Å²) < 4.78 is 7.37. The molecule has 27 heavy (non-hydrogen) atoms. The largest absolute Gasteiger partial charge is 0.436 e. The number of fused-ring (bicyclic) bond motifs is 3. The SMILES string of the molecule is c1ccc2sc(-c3ccc4nc(-c5ccc6[nH]ncc6c5)oc4c3)cc2c1. The molecule has 0 amide bonds. The molecular weight excluding hydrogens is 354 g/mol. The summed E-state index contributed by atoms with van der Waals surface area (Å²) in [5.74, 6) is 0.626. The molecule has 6 aromatic rings. The Kier molecular flexibility index (Phi) is 3.01. The second kappa shape index (κ2) is 5.53. The maximum Gasteiger partial charge on any atom is 0.227 e. The number of rotatable bonds is 2. The minimum atomic E-state index is 0.626. The third kappa shape index (κ3) is 2.36. The van der Waals surface area contributed by atoms with Crippen molar-refractivity contribution in [2.75, 3.05) is 0 Å². The molecule has 0 radical (unpaired) electrons. The molecule has 0 aliphatic heterocycles. The van der Waals surface area contributed by atoms with Gasteiger partial charge >= 0.3 is 0 Å². The molecule has 0 saturated carbocycles. The zero-order valence-electron chi connectivity index (χ0n) is 14.1. The van der Waals surface area contributed by atoms with Crippen LogP contribution < -0.4 is 0 Å². The number of hydrogen-bond donors (Lipinski definition) is 1. The third-order valence-electron chi connectivity index (χ3n) is 4.79. The van der Waals surface area contributed by atoms with Gasteiger partial charge in [0.2, 0.25) is 5.89 Å². The van der Waals surface area contributed by atoms with E-state index >= 15 is 0 Å². The first-order chi connectivity index (χ1) is 13.3. The molecule has 128 valence electrons. The number of aromatic amines is 1. The van der Waals surface area contributed by atoms with Gasteiger partial charge < -0.3 is 4.42 Å². The lowest BCUT2D eigenvalue weighted by Gasteiger charge is -1.96. The zero-order valence-corrected chi connectivity index (χ0v) is 15.0. The monoisotopic (exact) mass is 367 g/mol. The van der Waals surface area contributed by atoms with E-state index in [-0.39, 0.29) is 0 Å². The van der Waals surface area contributed by atoms with Gasteiger partial charge in [0.15, 0.2) is 5.58 Å². The fraction of sp³-hybridized carbons (Fsp3) is 0. The average Bonchev–Trinajstić information content (AvgIpc) is 3.42. The normalized spacial score (nSPS) is 11.7. The number of hydrogen-bond acceptors (Lipinski definition) is 4. The van der Waals surface area contributed by atoms with Gasteiger partial charge in [-0.15, -0.1) is 11.3 Å².